The number of halogens is 1. The van der Waals surface area contributed by atoms with E-state index in [2.05, 4.69) is 4.72 Å². The molecule has 5 heteroatoms. The number of benzene rings is 1. The highest BCUT2D eigenvalue weighted by Gasteiger charge is 2.24. The second kappa shape index (κ2) is 2.37. The van der Waals surface area contributed by atoms with Crippen LogP contribution in [-0.4, -0.2) is 8.42 Å². The van der Waals surface area contributed by atoms with Crippen LogP contribution < -0.4 is 4.72 Å². The second-order valence-electron chi connectivity index (χ2n) is 2.63. The average molecular weight is 204 g/mol. The van der Waals surface area contributed by atoms with E-state index in [4.69, 9.17) is 11.6 Å². The first-order valence-corrected chi connectivity index (χ1v) is 5.39. The molecular weight excluding hydrogens is 198 g/mol. The lowest BCUT2D eigenvalue weighted by atomic mass is 10.2. The predicted octanol–water partition coefficient (Wildman–Crippen LogP) is 1.60. The van der Waals surface area contributed by atoms with Gasteiger partial charge in [0.15, 0.2) is 0 Å². The molecule has 0 fully saturated rings. The van der Waals surface area contributed by atoms with Gasteiger partial charge in [0, 0.05) is 10.6 Å². The first-order chi connectivity index (χ1) is 5.58. The molecule has 0 spiro atoms. The van der Waals surface area contributed by atoms with E-state index in [1.165, 1.54) is 0 Å². The third-order valence-electron chi connectivity index (χ3n) is 1.72. The first kappa shape index (κ1) is 7.89. The SMILES string of the molecule is O=S1(=O)Cc2c(Cl)cccc2N1. The van der Waals surface area contributed by atoms with E-state index < -0.39 is 10.0 Å². The van der Waals surface area contributed by atoms with Gasteiger partial charge in [-0.25, -0.2) is 8.42 Å². The van der Waals surface area contributed by atoms with Crippen LogP contribution in [0.15, 0.2) is 18.2 Å². The van der Waals surface area contributed by atoms with Gasteiger partial charge >= 0.3 is 0 Å². The number of nitrogens with one attached hydrogen (secondary N) is 1. The van der Waals surface area contributed by atoms with E-state index >= 15 is 0 Å². The standard InChI is InChI=1S/C7H6ClNO2S/c8-6-2-1-3-7-5(6)4-12(10,11)9-7/h1-3,9H,4H2. The van der Waals surface area contributed by atoms with Crippen molar-refractivity contribution in [1.82, 2.24) is 0 Å². The van der Waals surface area contributed by atoms with Crippen molar-refractivity contribution in [3.8, 4) is 0 Å². The Balaban J connectivity index is 2.63. The molecule has 1 N–H and O–H groups in total. The molecule has 1 aliphatic heterocycles. The smallest absolute Gasteiger partial charge is 0.237 e. The summed E-state index contributed by atoms with van der Waals surface area (Å²) >= 11 is 5.79. The van der Waals surface area contributed by atoms with Crippen molar-refractivity contribution < 1.29 is 8.42 Å². The summed E-state index contributed by atoms with van der Waals surface area (Å²) < 4.78 is 24.5. The molecule has 0 aromatic heterocycles. The monoisotopic (exact) mass is 203 g/mol. The Morgan fingerprint density at radius 3 is 2.83 bits per heavy atom. The van der Waals surface area contributed by atoms with Gasteiger partial charge in [-0.05, 0) is 12.1 Å². The van der Waals surface area contributed by atoms with Crippen LogP contribution in [0.1, 0.15) is 5.56 Å². The van der Waals surface area contributed by atoms with E-state index in [0.29, 0.717) is 16.3 Å². The summed E-state index contributed by atoms with van der Waals surface area (Å²) in [6, 6.07) is 5.10. The molecule has 1 heterocycles. The van der Waals surface area contributed by atoms with E-state index in [0.717, 1.165) is 0 Å². The fourth-order valence-corrected chi connectivity index (χ4v) is 2.80. The number of rotatable bonds is 0. The summed E-state index contributed by atoms with van der Waals surface area (Å²) in [4.78, 5) is 0. The average Bonchev–Trinajstić information content (AvgIpc) is 2.25. The molecule has 12 heavy (non-hydrogen) atoms. The van der Waals surface area contributed by atoms with E-state index in [9.17, 15) is 8.42 Å². The molecule has 2 rings (SSSR count). The van der Waals surface area contributed by atoms with Crippen molar-refractivity contribution in [2.24, 2.45) is 0 Å². The lowest BCUT2D eigenvalue weighted by molar-refractivity contribution is 0.602. The maximum atomic E-state index is 11.1. The normalized spacial score (nSPS) is 18.4. The molecule has 64 valence electrons. The highest BCUT2D eigenvalue weighted by atomic mass is 35.5. The third-order valence-corrected chi connectivity index (χ3v) is 3.27. The van der Waals surface area contributed by atoms with Crippen LogP contribution in [0.25, 0.3) is 0 Å². The summed E-state index contributed by atoms with van der Waals surface area (Å²) in [5.41, 5.74) is 1.27. The molecule has 3 nitrogen and oxygen atoms in total. The molecule has 0 saturated carbocycles. The number of hydrogen-bond donors (Lipinski definition) is 1. The van der Waals surface area contributed by atoms with Gasteiger partial charge in [-0.3, -0.25) is 4.72 Å². The van der Waals surface area contributed by atoms with Gasteiger partial charge in [-0.2, -0.15) is 0 Å². The van der Waals surface area contributed by atoms with Gasteiger partial charge in [-0.15, -0.1) is 0 Å². The molecule has 0 unspecified atom stereocenters. The molecule has 0 amide bonds. The van der Waals surface area contributed by atoms with Gasteiger partial charge in [0.05, 0.1) is 11.4 Å². The molecule has 0 atom stereocenters. The number of fused-ring (bicyclic) bond motifs is 1. The van der Waals surface area contributed by atoms with Crippen LogP contribution in [0.2, 0.25) is 5.02 Å². The number of hydrogen-bond acceptors (Lipinski definition) is 2. The fraction of sp³-hybridized carbons (Fsp3) is 0.143. The highest BCUT2D eigenvalue weighted by Crippen LogP contribution is 2.32. The second-order valence-corrected chi connectivity index (χ2v) is 4.76. The van der Waals surface area contributed by atoms with E-state index in [1.54, 1.807) is 18.2 Å². The Bertz CT molecular complexity index is 427. The molecule has 0 saturated heterocycles. The van der Waals surface area contributed by atoms with Gasteiger partial charge in [-0.1, -0.05) is 17.7 Å². The maximum absolute atomic E-state index is 11.1. The van der Waals surface area contributed by atoms with Crippen molar-refractivity contribution in [2.45, 2.75) is 5.75 Å². The summed E-state index contributed by atoms with van der Waals surface area (Å²) in [5, 5.41) is 0.501. The first-order valence-electron chi connectivity index (χ1n) is 3.36. The van der Waals surface area contributed by atoms with Crippen LogP contribution in [0.5, 0.6) is 0 Å². The minimum atomic E-state index is -3.16. The zero-order valence-electron chi connectivity index (χ0n) is 6.04. The van der Waals surface area contributed by atoms with Crippen molar-refractivity contribution in [2.75, 3.05) is 4.72 Å². The molecule has 0 aliphatic carbocycles. The molecule has 1 aromatic rings. The van der Waals surface area contributed by atoms with Gasteiger partial charge in [0.25, 0.3) is 0 Å². The van der Waals surface area contributed by atoms with Crippen LogP contribution >= 0.6 is 11.6 Å². The zero-order valence-corrected chi connectivity index (χ0v) is 7.61. The topological polar surface area (TPSA) is 46.2 Å². The Morgan fingerprint density at radius 1 is 1.42 bits per heavy atom. The van der Waals surface area contributed by atoms with Crippen LogP contribution in [0.3, 0.4) is 0 Å². The fourth-order valence-electron chi connectivity index (χ4n) is 1.19. The predicted molar refractivity (Wildman–Crippen MR) is 47.7 cm³/mol. The Morgan fingerprint density at radius 2 is 2.17 bits per heavy atom. The van der Waals surface area contributed by atoms with Gasteiger partial charge in [0.1, 0.15) is 0 Å². The molecule has 0 bridgehead atoms. The summed E-state index contributed by atoms with van der Waals surface area (Å²) in [7, 11) is -3.16. The summed E-state index contributed by atoms with van der Waals surface area (Å²) in [6.45, 7) is 0. The lowest BCUT2D eigenvalue weighted by Crippen LogP contribution is -2.05. The molecule has 1 aliphatic rings. The van der Waals surface area contributed by atoms with E-state index in [1.807, 2.05) is 0 Å². The van der Waals surface area contributed by atoms with Gasteiger partial charge < -0.3 is 0 Å². The zero-order chi connectivity index (χ0) is 8.77. The Labute approximate surface area is 75.4 Å². The Hall–Kier alpha value is -0.740. The van der Waals surface area contributed by atoms with Crippen LogP contribution in [-0.2, 0) is 15.8 Å². The molecule has 0 radical (unpaired) electrons. The van der Waals surface area contributed by atoms with Crippen molar-refractivity contribution in [3.63, 3.8) is 0 Å². The van der Waals surface area contributed by atoms with Crippen LogP contribution in [0.4, 0.5) is 5.69 Å². The minimum Gasteiger partial charge on any atom is -0.283 e. The Kier molecular flexibility index (Phi) is 1.56. The summed E-state index contributed by atoms with van der Waals surface area (Å²) in [6.07, 6.45) is 0. The molecular formula is C7H6ClNO2S. The van der Waals surface area contributed by atoms with Crippen molar-refractivity contribution >= 4 is 27.3 Å². The van der Waals surface area contributed by atoms with Crippen molar-refractivity contribution in [3.05, 3.63) is 28.8 Å². The quantitative estimate of drug-likeness (QED) is 0.696. The highest BCUT2D eigenvalue weighted by molar-refractivity contribution is 7.92. The minimum absolute atomic E-state index is 0.0119. The molecule has 1 aromatic carbocycles. The van der Waals surface area contributed by atoms with Gasteiger partial charge in [0.2, 0.25) is 10.0 Å². The largest absolute Gasteiger partial charge is 0.283 e. The lowest BCUT2D eigenvalue weighted by Gasteiger charge is -1.96. The van der Waals surface area contributed by atoms with Crippen molar-refractivity contribution in [1.29, 1.82) is 0 Å². The summed E-state index contributed by atoms with van der Waals surface area (Å²) in [5.74, 6) is -0.0119. The third kappa shape index (κ3) is 1.17. The van der Waals surface area contributed by atoms with E-state index in [-0.39, 0.29) is 5.75 Å². The maximum Gasteiger partial charge on any atom is 0.237 e. The number of sulfonamides is 1. The number of anilines is 1. The van der Waals surface area contributed by atoms with Crippen LogP contribution in [0, 0.1) is 0 Å².